The largest absolute Gasteiger partial charge is 0.313 e. The second kappa shape index (κ2) is 6.03. The normalized spacial score (nSPS) is 12.4. The number of hydrogen-bond acceptors (Lipinski definition) is 1. The molecule has 0 saturated heterocycles. The highest BCUT2D eigenvalue weighted by Gasteiger charge is 2.10. The second-order valence-corrected chi connectivity index (χ2v) is 5.03. The summed E-state index contributed by atoms with van der Waals surface area (Å²) in [6.45, 7) is 2.12. The molecule has 0 aromatic heterocycles. The SMILES string of the molecule is CNC(Cc1cccc(C)c1)c1cccc(Cl)c1. The van der Waals surface area contributed by atoms with E-state index in [9.17, 15) is 0 Å². The average Bonchev–Trinajstić information content (AvgIpc) is 2.36. The van der Waals surface area contributed by atoms with Crippen molar-refractivity contribution in [1.82, 2.24) is 5.32 Å². The van der Waals surface area contributed by atoms with Crippen LogP contribution in [0.2, 0.25) is 5.02 Å². The Morgan fingerprint density at radius 1 is 1.11 bits per heavy atom. The fourth-order valence-electron chi connectivity index (χ4n) is 2.18. The Morgan fingerprint density at radius 3 is 2.56 bits per heavy atom. The monoisotopic (exact) mass is 259 g/mol. The van der Waals surface area contributed by atoms with E-state index in [-0.39, 0.29) is 0 Å². The Kier molecular flexibility index (Phi) is 4.40. The van der Waals surface area contributed by atoms with Gasteiger partial charge in [0.1, 0.15) is 0 Å². The van der Waals surface area contributed by atoms with Crippen LogP contribution in [0.1, 0.15) is 22.7 Å². The Balaban J connectivity index is 2.19. The summed E-state index contributed by atoms with van der Waals surface area (Å²) in [6.07, 6.45) is 0.971. The average molecular weight is 260 g/mol. The third-order valence-corrected chi connectivity index (χ3v) is 3.36. The van der Waals surface area contributed by atoms with Crippen molar-refractivity contribution in [2.24, 2.45) is 0 Å². The molecular formula is C16H18ClN. The number of likely N-dealkylation sites (N-methyl/N-ethyl adjacent to an activating group) is 1. The van der Waals surface area contributed by atoms with E-state index in [2.05, 4.69) is 42.6 Å². The van der Waals surface area contributed by atoms with Crippen molar-refractivity contribution in [2.45, 2.75) is 19.4 Å². The molecule has 0 amide bonds. The predicted octanol–water partition coefficient (Wildman–Crippen LogP) is 4.15. The summed E-state index contributed by atoms with van der Waals surface area (Å²) in [4.78, 5) is 0. The zero-order valence-electron chi connectivity index (χ0n) is 10.8. The standard InChI is InChI=1S/C16H18ClN/c1-12-5-3-6-13(9-12)10-16(18-2)14-7-4-8-15(17)11-14/h3-9,11,16,18H,10H2,1-2H3. The lowest BCUT2D eigenvalue weighted by Crippen LogP contribution is -2.18. The molecule has 0 aliphatic heterocycles. The zero-order valence-corrected chi connectivity index (χ0v) is 11.5. The van der Waals surface area contributed by atoms with E-state index in [1.165, 1.54) is 16.7 Å². The topological polar surface area (TPSA) is 12.0 Å². The van der Waals surface area contributed by atoms with Crippen molar-refractivity contribution in [3.63, 3.8) is 0 Å². The summed E-state index contributed by atoms with van der Waals surface area (Å²) in [6, 6.07) is 17.0. The van der Waals surface area contributed by atoms with E-state index in [1.807, 2.05) is 25.2 Å². The van der Waals surface area contributed by atoms with Gasteiger partial charge in [0.05, 0.1) is 0 Å². The van der Waals surface area contributed by atoms with Gasteiger partial charge in [-0.1, -0.05) is 53.6 Å². The fraction of sp³-hybridized carbons (Fsp3) is 0.250. The Labute approximate surface area is 114 Å². The molecule has 2 heteroatoms. The van der Waals surface area contributed by atoms with Crippen molar-refractivity contribution < 1.29 is 0 Å². The van der Waals surface area contributed by atoms with Crippen LogP contribution in [0.4, 0.5) is 0 Å². The quantitative estimate of drug-likeness (QED) is 0.870. The van der Waals surface area contributed by atoms with E-state index in [4.69, 9.17) is 11.6 Å². The van der Waals surface area contributed by atoms with E-state index in [0.717, 1.165) is 11.4 Å². The van der Waals surface area contributed by atoms with Crippen molar-refractivity contribution in [3.05, 3.63) is 70.2 Å². The minimum Gasteiger partial charge on any atom is -0.313 e. The van der Waals surface area contributed by atoms with Gasteiger partial charge in [0.15, 0.2) is 0 Å². The van der Waals surface area contributed by atoms with Crippen LogP contribution in [0.3, 0.4) is 0 Å². The molecule has 0 radical (unpaired) electrons. The minimum absolute atomic E-state index is 0.297. The summed E-state index contributed by atoms with van der Waals surface area (Å²) < 4.78 is 0. The molecule has 0 fully saturated rings. The minimum atomic E-state index is 0.297. The summed E-state index contributed by atoms with van der Waals surface area (Å²) in [5, 5.41) is 4.14. The van der Waals surface area contributed by atoms with Crippen LogP contribution in [0.25, 0.3) is 0 Å². The molecule has 0 heterocycles. The molecule has 0 aliphatic rings. The first-order valence-electron chi connectivity index (χ1n) is 6.17. The highest BCUT2D eigenvalue weighted by atomic mass is 35.5. The highest BCUT2D eigenvalue weighted by Crippen LogP contribution is 2.21. The van der Waals surface area contributed by atoms with Crippen LogP contribution < -0.4 is 5.32 Å². The first kappa shape index (κ1) is 13.1. The number of rotatable bonds is 4. The maximum atomic E-state index is 6.05. The molecule has 1 unspecified atom stereocenters. The van der Waals surface area contributed by atoms with Crippen LogP contribution in [-0.4, -0.2) is 7.05 Å². The van der Waals surface area contributed by atoms with Crippen LogP contribution >= 0.6 is 11.6 Å². The lowest BCUT2D eigenvalue weighted by atomic mass is 9.98. The van der Waals surface area contributed by atoms with Crippen molar-refractivity contribution in [2.75, 3.05) is 7.05 Å². The van der Waals surface area contributed by atoms with Gasteiger partial charge >= 0.3 is 0 Å². The highest BCUT2D eigenvalue weighted by molar-refractivity contribution is 6.30. The number of aryl methyl sites for hydroxylation is 1. The van der Waals surface area contributed by atoms with Gasteiger partial charge in [-0.15, -0.1) is 0 Å². The van der Waals surface area contributed by atoms with Crippen LogP contribution in [0, 0.1) is 6.92 Å². The maximum Gasteiger partial charge on any atom is 0.0409 e. The Bertz CT molecular complexity index is 522. The van der Waals surface area contributed by atoms with Crippen LogP contribution in [0.5, 0.6) is 0 Å². The number of nitrogens with one attached hydrogen (secondary N) is 1. The van der Waals surface area contributed by atoms with Gasteiger partial charge < -0.3 is 5.32 Å². The zero-order chi connectivity index (χ0) is 13.0. The summed E-state index contributed by atoms with van der Waals surface area (Å²) in [5.41, 5.74) is 3.87. The lowest BCUT2D eigenvalue weighted by molar-refractivity contribution is 0.592. The van der Waals surface area contributed by atoms with Crippen molar-refractivity contribution in [3.8, 4) is 0 Å². The van der Waals surface area contributed by atoms with Gasteiger partial charge in [-0.05, 0) is 43.7 Å². The first-order valence-corrected chi connectivity index (χ1v) is 6.55. The van der Waals surface area contributed by atoms with Gasteiger partial charge in [0.2, 0.25) is 0 Å². The van der Waals surface area contributed by atoms with Gasteiger partial charge in [-0.25, -0.2) is 0 Å². The molecular weight excluding hydrogens is 242 g/mol. The number of halogens is 1. The van der Waals surface area contributed by atoms with Crippen LogP contribution in [0.15, 0.2) is 48.5 Å². The number of benzene rings is 2. The molecule has 2 aromatic carbocycles. The fourth-order valence-corrected chi connectivity index (χ4v) is 2.38. The maximum absolute atomic E-state index is 6.05. The van der Waals surface area contributed by atoms with Crippen molar-refractivity contribution >= 4 is 11.6 Å². The first-order chi connectivity index (χ1) is 8.69. The molecule has 1 N–H and O–H groups in total. The Hall–Kier alpha value is -1.31. The summed E-state index contributed by atoms with van der Waals surface area (Å²) in [5.74, 6) is 0. The second-order valence-electron chi connectivity index (χ2n) is 4.59. The Morgan fingerprint density at radius 2 is 1.89 bits per heavy atom. The number of hydrogen-bond donors (Lipinski definition) is 1. The molecule has 0 bridgehead atoms. The van der Waals surface area contributed by atoms with E-state index in [0.29, 0.717) is 6.04 Å². The smallest absolute Gasteiger partial charge is 0.0409 e. The summed E-state index contributed by atoms with van der Waals surface area (Å²) in [7, 11) is 1.99. The molecule has 0 saturated carbocycles. The molecule has 2 aromatic rings. The predicted molar refractivity (Wildman–Crippen MR) is 78.1 cm³/mol. The van der Waals surface area contributed by atoms with Gasteiger partial charge in [-0.2, -0.15) is 0 Å². The van der Waals surface area contributed by atoms with Crippen LogP contribution in [-0.2, 0) is 6.42 Å². The van der Waals surface area contributed by atoms with Gasteiger partial charge in [-0.3, -0.25) is 0 Å². The molecule has 0 aliphatic carbocycles. The third-order valence-electron chi connectivity index (χ3n) is 3.12. The van der Waals surface area contributed by atoms with Gasteiger partial charge in [0.25, 0.3) is 0 Å². The molecule has 1 nitrogen and oxygen atoms in total. The van der Waals surface area contributed by atoms with E-state index >= 15 is 0 Å². The van der Waals surface area contributed by atoms with E-state index in [1.54, 1.807) is 0 Å². The lowest BCUT2D eigenvalue weighted by Gasteiger charge is -2.17. The summed E-state index contributed by atoms with van der Waals surface area (Å²) >= 11 is 6.05. The molecule has 1 atom stereocenters. The van der Waals surface area contributed by atoms with Crippen molar-refractivity contribution in [1.29, 1.82) is 0 Å². The molecule has 2 rings (SSSR count). The van der Waals surface area contributed by atoms with E-state index < -0.39 is 0 Å². The third kappa shape index (κ3) is 3.34. The van der Waals surface area contributed by atoms with Gasteiger partial charge in [0, 0.05) is 11.1 Å². The molecule has 94 valence electrons. The molecule has 0 spiro atoms. The molecule has 18 heavy (non-hydrogen) atoms.